The Balaban J connectivity index is 1.96. The Morgan fingerprint density at radius 1 is 1.25 bits per heavy atom. The number of aromatic nitrogens is 4. The third kappa shape index (κ3) is 2.07. The van der Waals surface area contributed by atoms with E-state index in [-0.39, 0.29) is 17.5 Å². The summed E-state index contributed by atoms with van der Waals surface area (Å²) in [5.41, 5.74) is 5.99. The zero-order valence-electron chi connectivity index (χ0n) is 9.98. The minimum atomic E-state index is -0.485. The van der Waals surface area contributed by atoms with Gasteiger partial charge in [-0.3, -0.25) is 15.2 Å². The summed E-state index contributed by atoms with van der Waals surface area (Å²) in [6.45, 7) is 0. The Hall–Kier alpha value is -3.23. The van der Waals surface area contributed by atoms with Crippen molar-refractivity contribution >= 4 is 22.7 Å². The van der Waals surface area contributed by atoms with Gasteiger partial charge in [0.05, 0.1) is 11.1 Å². The zero-order valence-corrected chi connectivity index (χ0v) is 9.98. The number of ether oxygens (including phenoxy) is 1. The van der Waals surface area contributed by atoms with Crippen LogP contribution in [-0.2, 0) is 0 Å². The molecule has 3 N–H and O–H groups in total. The molecule has 0 unspecified atom stereocenters. The van der Waals surface area contributed by atoms with E-state index in [1.165, 1.54) is 30.5 Å². The molecular formula is C11H8N6O3. The summed E-state index contributed by atoms with van der Waals surface area (Å²) >= 11 is 0. The molecule has 3 rings (SSSR count). The number of non-ortho nitro benzene ring substituents is 1. The molecule has 0 aliphatic rings. The lowest BCUT2D eigenvalue weighted by Crippen LogP contribution is -1.98. The second kappa shape index (κ2) is 4.46. The zero-order chi connectivity index (χ0) is 14.1. The van der Waals surface area contributed by atoms with Crippen LogP contribution in [0.15, 0.2) is 30.5 Å². The topological polar surface area (TPSA) is 133 Å². The summed E-state index contributed by atoms with van der Waals surface area (Å²) in [6, 6.07) is 5.63. The monoisotopic (exact) mass is 272 g/mol. The Morgan fingerprint density at radius 2 is 2.00 bits per heavy atom. The smallest absolute Gasteiger partial charge is 0.269 e. The maximum Gasteiger partial charge on any atom is 0.269 e. The van der Waals surface area contributed by atoms with E-state index in [9.17, 15) is 10.1 Å². The molecule has 9 nitrogen and oxygen atoms in total. The fraction of sp³-hybridized carbons (Fsp3) is 0. The molecule has 0 atom stereocenters. The van der Waals surface area contributed by atoms with E-state index in [1.54, 1.807) is 0 Å². The van der Waals surface area contributed by atoms with Crippen LogP contribution in [0.25, 0.3) is 11.0 Å². The second-order valence-corrected chi connectivity index (χ2v) is 3.87. The van der Waals surface area contributed by atoms with Gasteiger partial charge in [-0.05, 0) is 12.1 Å². The van der Waals surface area contributed by atoms with Gasteiger partial charge in [0.15, 0.2) is 5.65 Å². The highest BCUT2D eigenvalue weighted by atomic mass is 16.6. The molecule has 100 valence electrons. The first kappa shape index (κ1) is 11.8. The maximum absolute atomic E-state index is 10.6. The van der Waals surface area contributed by atoms with Gasteiger partial charge in [0.2, 0.25) is 11.8 Å². The number of hydrogen-bond acceptors (Lipinski definition) is 7. The van der Waals surface area contributed by atoms with Crippen molar-refractivity contribution < 1.29 is 9.66 Å². The normalized spacial score (nSPS) is 10.6. The predicted octanol–water partition coefficient (Wildman–Crippen LogP) is 1.64. The number of nitrogen functional groups attached to an aromatic ring is 1. The molecular weight excluding hydrogens is 264 g/mol. The molecule has 0 bridgehead atoms. The first-order valence-electron chi connectivity index (χ1n) is 5.52. The molecule has 1 aromatic carbocycles. The Labute approximate surface area is 111 Å². The number of nitrogens with one attached hydrogen (secondary N) is 1. The van der Waals surface area contributed by atoms with Gasteiger partial charge < -0.3 is 10.5 Å². The van der Waals surface area contributed by atoms with E-state index >= 15 is 0 Å². The van der Waals surface area contributed by atoms with Gasteiger partial charge in [0.25, 0.3) is 5.69 Å². The van der Waals surface area contributed by atoms with E-state index in [4.69, 9.17) is 10.5 Å². The van der Waals surface area contributed by atoms with E-state index in [2.05, 4.69) is 20.2 Å². The minimum absolute atomic E-state index is 0.0204. The van der Waals surface area contributed by atoms with E-state index in [1.807, 2.05) is 0 Å². The molecule has 20 heavy (non-hydrogen) atoms. The van der Waals surface area contributed by atoms with Crippen LogP contribution < -0.4 is 10.5 Å². The highest BCUT2D eigenvalue weighted by Gasteiger charge is 2.11. The van der Waals surface area contributed by atoms with Crippen molar-refractivity contribution in [2.45, 2.75) is 0 Å². The van der Waals surface area contributed by atoms with Crippen LogP contribution in [0, 0.1) is 10.1 Å². The molecule has 0 fully saturated rings. The Morgan fingerprint density at radius 3 is 2.70 bits per heavy atom. The number of hydrogen-bond donors (Lipinski definition) is 2. The summed E-state index contributed by atoms with van der Waals surface area (Å²) in [6.07, 6.45) is 1.51. The molecule has 2 heterocycles. The van der Waals surface area contributed by atoms with Crippen LogP contribution in [-0.4, -0.2) is 25.1 Å². The van der Waals surface area contributed by atoms with Gasteiger partial charge >= 0.3 is 0 Å². The van der Waals surface area contributed by atoms with Crippen molar-refractivity contribution in [2.24, 2.45) is 0 Å². The fourth-order valence-corrected chi connectivity index (χ4v) is 1.65. The number of nitro groups is 1. The van der Waals surface area contributed by atoms with E-state index in [0.29, 0.717) is 16.8 Å². The number of rotatable bonds is 3. The van der Waals surface area contributed by atoms with Crippen LogP contribution in [0.3, 0.4) is 0 Å². The second-order valence-electron chi connectivity index (χ2n) is 3.87. The third-order valence-electron chi connectivity index (χ3n) is 2.55. The predicted molar refractivity (Wildman–Crippen MR) is 69.3 cm³/mol. The van der Waals surface area contributed by atoms with Gasteiger partial charge in [-0.25, -0.2) is 0 Å². The molecule has 0 spiro atoms. The van der Waals surface area contributed by atoms with Crippen LogP contribution in [0.2, 0.25) is 0 Å². The highest BCUT2D eigenvalue weighted by Crippen LogP contribution is 2.27. The maximum atomic E-state index is 10.6. The molecule has 0 aliphatic carbocycles. The van der Waals surface area contributed by atoms with Crippen molar-refractivity contribution in [1.82, 2.24) is 20.2 Å². The van der Waals surface area contributed by atoms with Crippen molar-refractivity contribution in [3.63, 3.8) is 0 Å². The number of anilines is 1. The molecule has 0 amide bonds. The minimum Gasteiger partial charge on any atom is -0.438 e. The number of nitro benzene ring substituents is 1. The number of fused-ring (bicyclic) bond motifs is 1. The SMILES string of the molecule is Nc1nc(Oc2ccc([N+](=O)[O-])cc2)c2cn[nH]c2n1. The molecule has 0 aliphatic heterocycles. The van der Waals surface area contributed by atoms with Gasteiger partial charge in [-0.2, -0.15) is 15.1 Å². The van der Waals surface area contributed by atoms with E-state index < -0.39 is 4.92 Å². The van der Waals surface area contributed by atoms with Gasteiger partial charge in [0, 0.05) is 12.1 Å². The third-order valence-corrected chi connectivity index (χ3v) is 2.55. The number of H-pyrrole nitrogens is 1. The quantitative estimate of drug-likeness (QED) is 0.546. The van der Waals surface area contributed by atoms with Crippen LogP contribution in [0.1, 0.15) is 0 Å². The first-order chi connectivity index (χ1) is 9.63. The van der Waals surface area contributed by atoms with Crippen molar-refractivity contribution in [1.29, 1.82) is 0 Å². The summed E-state index contributed by atoms with van der Waals surface area (Å²) in [7, 11) is 0. The molecule has 0 radical (unpaired) electrons. The van der Waals surface area contributed by atoms with Gasteiger partial charge in [-0.1, -0.05) is 0 Å². The first-order valence-corrected chi connectivity index (χ1v) is 5.52. The van der Waals surface area contributed by atoms with Crippen molar-refractivity contribution in [3.8, 4) is 11.6 Å². The van der Waals surface area contributed by atoms with Crippen molar-refractivity contribution in [2.75, 3.05) is 5.73 Å². The van der Waals surface area contributed by atoms with Crippen molar-refractivity contribution in [3.05, 3.63) is 40.6 Å². The van der Waals surface area contributed by atoms with E-state index in [0.717, 1.165) is 0 Å². The fourth-order valence-electron chi connectivity index (χ4n) is 1.65. The number of nitrogens with zero attached hydrogens (tertiary/aromatic N) is 4. The highest BCUT2D eigenvalue weighted by molar-refractivity contribution is 5.80. The lowest BCUT2D eigenvalue weighted by molar-refractivity contribution is -0.384. The number of aromatic amines is 1. The molecule has 2 aromatic heterocycles. The molecule has 0 saturated heterocycles. The molecule has 0 saturated carbocycles. The van der Waals surface area contributed by atoms with Crippen LogP contribution in [0.4, 0.5) is 11.6 Å². The van der Waals surface area contributed by atoms with Crippen LogP contribution in [0.5, 0.6) is 11.6 Å². The van der Waals surface area contributed by atoms with Crippen LogP contribution >= 0.6 is 0 Å². The lowest BCUT2D eigenvalue weighted by atomic mass is 10.3. The average Bonchev–Trinajstić information content (AvgIpc) is 2.87. The molecule has 9 heteroatoms. The molecule has 3 aromatic rings. The summed E-state index contributed by atoms with van der Waals surface area (Å²) in [5.74, 6) is 0.671. The average molecular weight is 272 g/mol. The van der Waals surface area contributed by atoms with Gasteiger partial charge in [-0.15, -0.1) is 0 Å². The summed E-state index contributed by atoms with van der Waals surface area (Å²) < 4.78 is 5.55. The Kier molecular flexibility index (Phi) is 2.64. The summed E-state index contributed by atoms with van der Waals surface area (Å²) in [4.78, 5) is 18.0. The largest absolute Gasteiger partial charge is 0.438 e. The lowest BCUT2D eigenvalue weighted by Gasteiger charge is -2.05. The standard InChI is InChI=1S/C11H8N6O3/c12-11-14-9-8(5-13-16-9)10(15-11)20-7-3-1-6(2-4-7)17(18)19/h1-5H,(H3,12,13,14,15,16). The summed E-state index contributed by atoms with van der Waals surface area (Å²) in [5, 5.41) is 17.6. The van der Waals surface area contributed by atoms with Gasteiger partial charge in [0.1, 0.15) is 11.1 Å². The Bertz CT molecular complexity index is 782. The number of benzene rings is 1. The number of nitrogens with two attached hydrogens (primary N) is 1.